The van der Waals surface area contributed by atoms with E-state index in [-0.39, 0.29) is 22.7 Å². The molecule has 1 aliphatic rings. The van der Waals surface area contributed by atoms with E-state index in [9.17, 15) is 14.0 Å². The second-order valence-electron chi connectivity index (χ2n) is 5.50. The van der Waals surface area contributed by atoms with Crippen LogP contribution in [0, 0.1) is 5.82 Å². The first-order chi connectivity index (χ1) is 12.5. The normalized spacial score (nSPS) is 15.2. The fraction of sp³-hybridized carbons (Fsp3) is 0.222. The average molecular weight is 424 g/mol. The van der Waals surface area contributed by atoms with E-state index in [0.717, 1.165) is 12.1 Å². The van der Waals surface area contributed by atoms with Crippen LogP contribution in [0.2, 0.25) is 0 Å². The summed E-state index contributed by atoms with van der Waals surface area (Å²) in [4.78, 5) is 23.8. The maximum atomic E-state index is 13.0. The summed E-state index contributed by atoms with van der Waals surface area (Å²) in [5.41, 5.74) is 0.139. The number of hydrogen-bond donors (Lipinski definition) is 1. The summed E-state index contributed by atoms with van der Waals surface area (Å²) in [7, 11) is 0. The first-order valence-electron chi connectivity index (χ1n) is 7.80. The minimum atomic E-state index is -0.724. The van der Waals surface area contributed by atoms with Crippen LogP contribution in [0.25, 0.3) is 0 Å². The van der Waals surface area contributed by atoms with Crippen LogP contribution >= 0.6 is 15.9 Å². The molecule has 0 aromatic heterocycles. The molecule has 2 aromatic carbocycles. The number of carbonyl (C=O) groups is 2. The molecule has 0 fully saturated rings. The van der Waals surface area contributed by atoms with Crippen molar-refractivity contribution >= 4 is 27.8 Å². The molecule has 0 saturated heterocycles. The average Bonchev–Trinajstić information content (AvgIpc) is 2.64. The summed E-state index contributed by atoms with van der Waals surface area (Å²) < 4.78 is 29.5. The number of halogens is 2. The van der Waals surface area contributed by atoms with Crippen LogP contribution < -0.4 is 14.8 Å². The standard InChI is InChI=1S/C18H15BrFNO5/c19-14-7-11(20)5-6-13(14)18(23)25-10-17(22)21-8-12-9-24-15-3-1-2-4-16(15)26-12/h1-7,12H,8-10H2,(H,21,22). The Morgan fingerprint density at radius 1 is 1.23 bits per heavy atom. The lowest BCUT2D eigenvalue weighted by atomic mass is 10.2. The fourth-order valence-corrected chi connectivity index (χ4v) is 2.82. The molecule has 0 radical (unpaired) electrons. The fourth-order valence-electron chi connectivity index (χ4n) is 2.31. The lowest BCUT2D eigenvalue weighted by molar-refractivity contribution is -0.124. The number of para-hydroxylation sites is 2. The van der Waals surface area contributed by atoms with Crippen LogP contribution in [-0.4, -0.2) is 37.7 Å². The molecular weight excluding hydrogens is 409 g/mol. The number of esters is 1. The third-order valence-corrected chi connectivity index (χ3v) is 4.24. The highest BCUT2D eigenvalue weighted by Crippen LogP contribution is 2.30. The second kappa shape index (κ2) is 8.18. The van der Waals surface area contributed by atoms with Gasteiger partial charge in [-0.2, -0.15) is 0 Å². The molecule has 1 atom stereocenters. The molecule has 1 amide bonds. The first kappa shape index (κ1) is 18.2. The van der Waals surface area contributed by atoms with E-state index in [1.54, 1.807) is 12.1 Å². The molecule has 0 spiro atoms. The zero-order valence-corrected chi connectivity index (χ0v) is 15.1. The van der Waals surface area contributed by atoms with Crippen molar-refractivity contribution in [3.63, 3.8) is 0 Å². The number of nitrogens with one attached hydrogen (secondary N) is 1. The number of rotatable bonds is 5. The zero-order valence-electron chi connectivity index (χ0n) is 13.5. The lowest BCUT2D eigenvalue weighted by Gasteiger charge is -2.26. The van der Waals surface area contributed by atoms with Gasteiger partial charge >= 0.3 is 5.97 Å². The zero-order chi connectivity index (χ0) is 18.5. The summed E-state index contributed by atoms with van der Waals surface area (Å²) in [5, 5.41) is 2.62. The first-order valence-corrected chi connectivity index (χ1v) is 8.59. The topological polar surface area (TPSA) is 73.9 Å². The van der Waals surface area contributed by atoms with Gasteiger partial charge in [-0.05, 0) is 46.3 Å². The summed E-state index contributed by atoms with van der Waals surface area (Å²) in [6.45, 7) is 0.0668. The van der Waals surface area contributed by atoms with E-state index in [2.05, 4.69) is 21.2 Å². The molecule has 2 aromatic rings. The van der Waals surface area contributed by atoms with E-state index >= 15 is 0 Å². The van der Waals surface area contributed by atoms with Crippen molar-refractivity contribution in [1.82, 2.24) is 5.32 Å². The third kappa shape index (κ3) is 4.51. The van der Waals surface area contributed by atoms with E-state index in [0.29, 0.717) is 18.1 Å². The summed E-state index contributed by atoms with van der Waals surface area (Å²) in [5.74, 6) is -0.404. The smallest absolute Gasteiger partial charge is 0.339 e. The van der Waals surface area contributed by atoms with E-state index in [1.165, 1.54) is 6.07 Å². The monoisotopic (exact) mass is 423 g/mol. The number of fused-ring (bicyclic) bond motifs is 1. The Hall–Kier alpha value is -2.61. The largest absolute Gasteiger partial charge is 0.486 e. The van der Waals surface area contributed by atoms with Gasteiger partial charge in [-0.3, -0.25) is 4.79 Å². The third-order valence-electron chi connectivity index (χ3n) is 3.58. The molecular formula is C18H15BrFNO5. The second-order valence-corrected chi connectivity index (χ2v) is 6.36. The molecule has 1 N–H and O–H groups in total. The molecule has 0 bridgehead atoms. The number of ether oxygens (including phenoxy) is 3. The predicted molar refractivity (Wildman–Crippen MR) is 93.7 cm³/mol. The molecule has 26 heavy (non-hydrogen) atoms. The molecule has 0 aliphatic carbocycles. The van der Waals surface area contributed by atoms with Crippen molar-refractivity contribution < 1.29 is 28.2 Å². The molecule has 3 rings (SSSR count). The highest BCUT2D eigenvalue weighted by Gasteiger charge is 2.21. The Kier molecular flexibility index (Phi) is 5.72. The van der Waals surface area contributed by atoms with Crippen molar-refractivity contribution in [2.45, 2.75) is 6.10 Å². The van der Waals surface area contributed by atoms with E-state index < -0.39 is 24.3 Å². The Morgan fingerprint density at radius 2 is 2.00 bits per heavy atom. The van der Waals surface area contributed by atoms with Crippen molar-refractivity contribution in [3.05, 3.63) is 58.3 Å². The minimum absolute atomic E-state index is 0.139. The molecule has 1 aliphatic heterocycles. The SMILES string of the molecule is O=C(COC(=O)c1ccc(F)cc1Br)NCC1COc2ccccc2O1. The van der Waals surface area contributed by atoms with Crippen LogP contribution in [0.5, 0.6) is 11.5 Å². The van der Waals surface area contributed by atoms with E-state index in [1.807, 2.05) is 12.1 Å². The van der Waals surface area contributed by atoms with Gasteiger partial charge < -0.3 is 19.5 Å². The number of hydrogen-bond acceptors (Lipinski definition) is 5. The molecule has 0 saturated carbocycles. The van der Waals surface area contributed by atoms with Crippen LogP contribution in [0.4, 0.5) is 4.39 Å². The predicted octanol–water partition coefficient (Wildman–Crippen LogP) is 2.70. The Balaban J connectivity index is 1.44. The van der Waals surface area contributed by atoms with Crippen LogP contribution in [0.15, 0.2) is 46.9 Å². The van der Waals surface area contributed by atoms with Gasteiger partial charge in [-0.25, -0.2) is 9.18 Å². The van der Waals surface area contributed by atoms with Gasteiger partial charge in [0.25, 0.3) is 5.91 Å². The van der Waals surface area contributed by atoms with Crippen molar-refractivity contribution in [2.75, 3.05) is 19.8 Å². The van der Waals surface area contributed by atoms with Gasteiger partial charge in [-0.1, -0.05) is 12.1 Å². The molecule has 136 valence electrons. The van der Waals surface area contributed by atoms with Gasteiger partial charge in [0.2, 0.25) is 0 Å². The molecule has 8 heteroatoms. The lowest BCUT2D eigenvalue weighted by Crippen LogP contribution is -2.42. The van der Waals surface area contributed by atoms with Gasteiger partial charge in [0.1, 0.15) is 18.5 Å². The highest BCUT2D eigenvalue weighted by molar-refractivity contribution is 9.10. The van der Waals surface area contributed by atoms with Crippen LogP contribution in [-0.2, 0) is 9.53 Å². The van der Waals surface area contributed by atoms with Crippen LogP contribution in [0.1, 0.15) is 10.4 Å². The van der Waals surface area contributed by atoms with Gasteiger partial charge in [0.15, 0.2) is 18.1 Å². The summed E-state index contributed by atoms with van der Waals surface area (Å²) in [6, 6.07) is 10.8. The molecule has 1 unspecified atom stereocenters. The summed E-state index contributed by atoms with van der Waals surface area (Å²) in [6.07, 6.45) is -0.337. The quantitative estimate of drug-likeness (QED) is 0.748. The van der Waals surface area contributed by atoms with Crippen molar-refractivity contribution in [2.24, 2.45) is 0 Å². The number of benzene rings is 2. The van der Waals surface area contributed by atoms with Gasteiger partial charge in [0.05, 0.1) is 12.1 Å². The Bertz CT molecular complexity index is 829. The van der Waals surface area contributed by atoms with Crippen LogP contribution in [0.3, 0.4) is 0 Å². The van der Waals surface area contributed by atoms with Crippen molar-refractivity contribution in [3.8, 4) is 11.5 Å². The maximum Gasteiger partial charge on any atom is 0.339 e. The number of amides is 1. The number of carbonyl (C=O) groups excluding carboxylic acids is 2. The Morgan fingerprint density at radius 3 is 2.77 bits per heavy atom. The minimum Gasteiger partial charge on any atom is -0.486 e. The van der Waals surface area contributed by atoms with Gasteiger partial charge in [-0.15, -0.1) is 0 Å². The summed E-state index contributed by atoms with van der Waals surface area (Å²) >= 11 is 3.08. The molecule has 1 heterocycles. The Labute approximate surface area is 157 Å². The van der Waals surface area contributed by atoms with Crippen molar-refractivity contribution in [1.29, 1.82) is 0 Å². The van der Waals surface area contributed by atoms with E-state index in [4.69, 9.17) is 14.2 Å². The molecule has 6 nitrogen and oxygen atoms in total. The highest BCUT2D eigenvalue weighted by atomic mass is 79.9. The maximum absolute atomic E-state index is 13.0. The van der Waals surface area contributed by atoms with Gasteiger partial charge in [0, 0.05) is 4.47 Å².